The fourth-order valence-electron chi connectivity index (χ4n) is 2.23. The van der Waals surface area contributed by atoms with Crippen LogP contribution in [0.5, 0.6) is 0 Å². The molecule has 1 unspecified atom stereocenters. The number of halogens is 4. The summed E-state index contributed by atoms with van der Waals surface area (Å²) in [5, 5.41) is 5.00. The third kappa shape index (κ3) is 4.70. The van der Waals surface area contributed by atoms with Crippen LogP contribution in [-0.4, -0.2) is 6.54 Å². The number of hydrogen-bond acceptors (Lipinski definition) is 1. The minimum absolute atomic E-state index is 0.154. The maximum atomic E-state index is 6.34. The van der Waals surface area contributed by atoms with E-state index in [2.05, 4.69) is 50.2 Å². The van der Waals surface area contributed by atoms with Crippen molar-refractivity contribution in [1.29, 1.82) is 0 Å². The Bertz CT molecular complexity index is 632. The van der Waals surface area contributed by atoms with E-state index in [1.807, 2.05) is 30.3 Å². The largest absolute Gasteiger partial charge is 0.310 e. The first-order valence-corrected chi connectivity index (χ1v) is 8.97. The minimum Gasteiger partial charge on any atom is -0.310 e. The molecule has 112 valence electrons. The highest BCUT2D eigenvalue weighted by molar-refractivity contribution is 9.10. The summed E-state index contributed by atoms with van der Waals surface area (Å²) in [7, 11) is 0. The second-order valence-corrected chi connectivity index (χ2v) is 7.33. The van der Waals surface area contributed by atoms with Crippen LogP contribution in [0.4, 0.5) is 0 Å². The smallest absolute Gasteiger partial charge is 0.0449 e. The lowest BCUT2D eigenvalue weighted by molar-refractivity contribution is 0.548. The van der Waals surface area contributed by atoms with Gasteiger partial charge in [0.1, 0.15) is 0 Å². The Morgan fingerprint density at radius 3 is 2.52 bits per heavy atom. The van der Waals surface area contributed by atoms with E-state index in [-0.39, 0.29) is 6.04 Å². The molecule has 0 radical (unpaired) electrons. The van der Waals surface area contributed by atoms with Gasteiger partial charge in [-0.25, -0.2) is 0 Å². The van der Waals surface area contributed by atoms with Crippen LogP contribution in [0.3, 0.4) is 0 Å². The summed E-state index contributed by atoms with van der Waals surface area (Å²) in [6.45, 7) is 2.96. The molecule has 0 spiro atoms. The quantitative estimate of drug-likeness (QED) is 0.553. The van der Waals surface area contributed by atoms with Gasteiger partial charge in [0.05, 0.1) is 0 Å². The van der Waals surface area contributed by atoms with Crippen LogP contribution in [0, 0.1) is 0 Å². The molecule has 0 aromatic heterocycles. The van der Waals surface area contributed by atoms with Crippen LogP contribution >= 0.6 is 55.1 Å². The van der Waals surface area contributed by atoms with Crippen molar-refractivity contribution in [3.63, 3.8) is 0 Å². The molecule has 0 amide bonds. The van der Waals surface area contributed by atoms with Crippen LogP contribution in [-0.2, 0) is 6.42 Å². The Labute approximate surface area is 152 Å². The third-order valence-electron chi connectivity index (χ3n) is 3.22. The number of benzene rings is 2. The van der Waals surface area contributed by atoms with Crippen molar-refractivity contribution in [2.45, 2.75) is 19.4 Å². The highest BCUT2D eigenvalue weighted by Crippen LogP contribution is 2.31. The summed E-state index contributed by atoms with van der Waals surface area (Å²) >= 11 is 19.5. The molecule has 0 saturated carbocycles. The Morgan fingerprint density at radius 2 is 1.86 bits per heavy atom. The zero-order valence-corrected chi connectivity index (χ0v) is 16.2. The van der Waals surface area contributed by atoms with Crippen molar-refractivity contribution in [2.75, 3.05) is 6.54 Å². The molecule has 2 aromatic carbocycles. The number of rotatable bonds is 5. The Balaban J connectivity index is 2.32. The Hall–Kier alpha value is -0.0600. The second kappa shape index (κ2) is 7.98. The van der Waals surface area contributed by atoms with Crippen molar-refractivity contribution >= 4 is 55.1 Å². The standard InChI is InChI=1S/C16H15Br2Cl2N/c1-2-21-16(13-9-12(19)5-6-14(13)18)7-10-3-4-11(17)8-15(10)20/h3-6,8-9,16,21H,2,7H2,1H3. The number of nitrogens with one attached hydrogen (secondary N) is 1. The van der Waals surface area contributed by atoms with Gasteiger partial charge in [0.25, 0.3) is 0 Å². The molecule has 0 saturated heterocycles. The first kappa shape index (κ1) is 17.3. The van der Waals surface area contributed by atoms with Gasteiger partial charge < -0.3 is 5.32 Å². The summed E-state index contributed by atoms with van der Waals surface area (Å²) < 4.78 is 2.03. The fourth-order valence-corrected chi connectivity index (χ4v) is 3.68. The van der Waals surface area contributed by atoms with Gasteiger partial charge in [-0.1, -0.05) is 68.1 Å². The highest BCUT2D eigenvalue weighted by atomic mass is 79.9. The van der Waals surface area contributed by atoms with Gasteiger partial charge in [-0.3, -0.25) is 0 Å². The zero-order chi connectivity index (χ0) is 15.4. The van der Waals surface area contributed by atoms with Crippen LogP contribution < -0.4 is 5.32 Å². The van der Waals surface area contributed by atoms with Gasteiger partial charge in [0.15, 0.2) is 0 Å². The van der Waals surface area contributed by atoms with Crippen LogP contribution in [0.15, 0.2) is 45.3 Å². The van der Waals surface area contributed by atoms with E-state index in [4.69, 9.17) is 23.2 Å². The van der Waals surface area contributed by atoms with E-state index in [0.29, 0.717) is 0 Å². The Morgan fingerprint density at radius 1 is 1.10 bits per heavy atom. The molecule has 0 aliphatic heterocycles. The average Bonchev–Trinajstić information content (AvgIpc) is 2.44. The summed E-state index contributed by atoms with van der Waals surface area (Å²) in [4.78, 5) is 0. The van der Waals surface area contributed by atoms with E-state index in [9.17, 15) is 0 Å². The van der Waals surface area contributed by atoms with E-state index < -0.39 is 0 Å². The molecule has 2 rings (SSSR count). The lowest BCUT2D eigenvalue weighted by atomic mass is 9.98. The van der Waals surface area contributed by atoms with Gasteiger partial charge in [0.2, 0.25) is 0 Å². The van der Waals surface area contributed by atoms with Crippen molar-refractivity contribution in [1.82, 2.24) is 5.32 Å². The van der Waals surface area contributed by atoms with Gasteiger partial charge in [-0.05, 0) is 54.4 Å². The second-order valence-electron chi connectivity index (χ2n) is 4.72. The van der Waals surface area contributed by atoms with E-state index in [0.717, 1.165) is 43.1 Å². The molecule has 5 heteroatoms. The Kier molecular flexibility index (Phi) is 6.57. The van der Waals surface area contributed by atoms with Crippen molar-refractivity contribution < 1.29 is 0 Å². The normalized spacial score (nSPS) is 12.4. The van der Waals surface area contributed by atoms with Crippen molar-refractivity contribution in [3.8, 4) is 0 Å². The summed E-state index contributed by atoms with van der Waals surface area (Å²) in [6, 6.07) is 12.0. The van der Waals surface area contributed by atoms with Gasteiger partial charge in [0, 0.05) is 25.0 Å². The SMILES string of the molecule is CCNC(Cc1ccc(Br)cc1Cl)c1cc(Cl)ccc1Br. The first-order chi connectivity index (χ1) is 10.0. The molecule has 2 aromatic rings. The van der Waals surface area contributed by atoms with E-state index >= 15 is 0 Å². The molecule has 1 N–H and O–H groups in total. The van der Waals surface area contributed by atoms with Crippen molar-refractivity contribution in [2.24, 2.45) is 0 Å². The first-order valence-electron chi connectivity index (χ1n) is 6.63. The predicted molar refractivity (Wildman–Crippen MR) is 98.4 cm³/mol. The van der Waals surface area contributed by atoms with Gasteiger partial charge in [-0.15, -0.1) is 0 Å². The molecule has 0 bridgehead atoms. The van der Waals surface area contributed by atoms with E-state index in [1.165, 1.54) is 0 Å². The monoisotopic (exact) mass is 449 g/mol. The van der Waals surface area contributed by atoms with Crippen LogP contribution in [0.2, 0.25) is 10.0 Å². The maximum absolute atomic E-state index is 6.34. The molecule has 0 heterocycles. The average molecular weight is 452 g/mol. The van der Waals surface area contributed by atoms with Crippen LogP contribution in [0.1, 0.15) is 24.1 Å². The topological polar surface area (TPSA) is 12.0 Å². The summed E-state index contributed by atoms with van der Waals surface area (Å²) in [6.07, 6.45) is 0.804. The zero-order valence-electron chi connectivity index (χ0n) is 11.5. The lowest BCUT2D eigenvalue weighted by Gasteiger charge is -2.21. The molecule has 1 atom stereocenters. The van der Waals surface area contributed by atoms with Crippen LogP contribution in [0.25, 0.3) is 0 Å². The van der Waals surface area contributed by atoms with E-state index in [1.54, 1.807) is 0 Å². The summed E-state index contributed by atoms with van der Waals surface area (Å²) in [5.41, 5.74) is 2.25. The van der Waals surface area contributed by atoms with Crippen molar-refractivity contribution in [3.05, 3.63) is 66.5 Å². The molecule has 0 fully saturated rings. The van der Waals surface area contributed by atoms with Gasteiger partial charge >= 0.3 is 0 Å². The van der Waals surface area contributed by atoms with Gasteiger partial charge in [-0.2, -0.15) is 0 Å². The molecular formula is C16H15Br2Cl2N. The fraction of sp³-hybridized carbons (Fsp3) is 0.250. The minimum atomic E-state index is 0.154. The molecular weight excluding hydrogens is 437 g/mol. The molecule has 0 aliphatic rings. The highest BCUT2D eigenvalue weighted by Gasteiger charge is 2.16. The maximum Gasteiger partial charge on any atom is 0.0449 e. The molecule has 0 aliphatic carbocycles. The molecule has 1 nitrogen and oxygen atoms in total. The summed E-state index contributed by atoms with van der Waals surface area (Å²) in [5.74, 6) is 0. The molecule has 21 heavy (non-hydrogen) atoms. The number of likely N-dealkylation sites (N-methyl/N-ethyl adjacent to an activating group) is 1. The predicted octanol–water partition coefficient (Wildman–Crippen LogP) is 6.41. The third-order valence-corrected chi connectivity index (χ3v) is 5.03. The number of hydrogen-bond donors (Lipinski definition) is 1. The lowest BCUT2D eigenvalue weighted by Crippen LogP contribution is -2.23.